The van der Waals surface area contributed by atoms with E-state index in [4.69, 9.17) is 26.6 Å². The average Bonchev–Trinajstić information content (AvgIpc) is 2.80. The van der Waals surface area contributed by atoms with E-state index >= 15 is 0 Å². The molecule has 0 aliphatic heterocycles. The second kappa shape index (κ2) is 17.9. The minimum absolute atomic E-state index is 0. The number of hydrogen-bond acceptors (Lipinski definition) is 3. The number of pyridine rings is 1. The number of aliphatic imine (C=N–C) groups is 2. The molecule has 0 unspecified atom stereocenters. The van der Waals surface area contributed by atoms with Crippen LogP contribution in [0.15, 0.2) is 58.5 Å². The van der Waals surface area contributed by atoms with Crippen LogP contribution in [0, 0.1) is 0 Å². The molecule has 0 spiro atoms. The second-order valence-electron chi connectivity index (χ2n) is 7.42. The van der Waals surface area contributed by atoms with Crippen molar-refractivity contribution in [3.63, 3.8) is 0 Å². The van der Waals surface area contributed by atoms with Crippen molar-refractivity contribution < 1.29 is 54.0 Å². The van der Waals surface area contributed by atoms with E-state index in [1.54, 1.807) is 12.4 Å². The Morgan fingerprint density at radius 3 is 1.26 bits per heavy atom. The summed E-state index contributed by atoms with van der Waals surface area (Å²) in [5.41, 5.74) is 8.47. The van der Waals surface area contributed by atoms with Crippen LogP contribution < -0.4 is 37.2 Å². The first-order valence-electron chi connectivity index (χ1n) is 11.1. The molecular formula is C27H30Cl4CoN3. The topological polar surface area (TPSA) is 37.6 Å². The molecule has 0 radical (unpaired) electrons. The van der Waals surface area contributed by atoms with Crippen LogP contribution in [0.1, 0.15) is 61.3 Å². The Morgan fingerprint density at radius 2 is 0.971 bits per heavy atom. The van der Waals surface area contributed by atoms with Crippen molar-refractivity contribution in [1.29, 1.82) is 0 Å². The largest absolute Gasteiger partial charge is 3.00 e. The molecule has 0 aliphatic carbocycles. The van der Waals surface area contributed by atoms with Crippen LogP contribution in [-0.2, 0) is 42.5 Å². The number of nitrogens with zero attached hydrogens (tertiary/aromatic N) is 3. The Hall–Kier alpha value is -1.40. The van der Waals surface area contributed by atoms with Gasteiger partial charge in [0.15, 0.2) is 0 Å². The van der Waals surface area contributed by atoms with E-state index < -0.39 is 0 Å². The number of halogens is 4. The van der Waals surface area contributed by atoms with Gasteiger partial charge in [-0.2, -0.15) is 0 Å². The maximum Gasteiger partial charge on any atom is 3.00 e. The van der Waals surface area contributed by atoms with Gasteiger partial charge in [-0.15, -0.1) is 0 Å². The molecule has 0 saturated carbocycles. The first-order valence-corrected chi connectivity index (χ1v) is 11.4. The number of benzene rings is 2. The van der Waals surface area contributed by atoms with Crippen LogP contribution in [0.3, 0.4) is 0 Å². The fraction of sp³-hybridized carbons (Fsp3) is 0.296. The number of aryl methyl sites for hydroxylation is 4. The van der Waals surface area contributed by atoms with E-state index in [1.165, 1.54) is 22.3 Å². The van der Waals surface area contributed by atoms with Gasteiger partial charge in [0, 0.05) is 5.02 Å². The van der Waals surface area contributed by atoms with Crippen molar-refractivity contribution in [2.24, 2.45) is 9.98 Å². The number of aromatic nitrogens is 1. The Balaban J connectivity index is 0. The monoisotopic (exact) mass is 595 g/mol. The summed E-state index contributed by atoms with van der Waals surface area (Å²) in [6.07, 6.45) is 7.37. The molecule has 3 aromatic rings. The van der Waals surface area contributed by atoms with E-state index in [9.17, 15) is 0 Å². The predicted octanol–water partition coefficient (Wildman–Crippen LogP) is -1.50. The molecule has 0 aliphatic rings. The van der Waals surface area contributed by atoms with Crippen LogP contribution in [0.2, 0.25) is 5.02 Å². The van der Waals surface area contributed by atoms with Gasteiger partial charge in [-0.1, -0.05) is 75.7 Å². The van der Waals surface area contributed by atoms with Crippen molar-refractivity contribution in [3.05, 3.63) is 87.2 Å². The van der Waals surface area contributed by atoms with Gasteiger partial charge in [-0.3, -0.25) is 9.98 Å². The van der Waals surface area contributed by atoms with E-state index in [0.717, 1.165) is 48.4 Å². The van der Waals surface area contributed by atoms with Crippen molar-refractivity contribution in [1.82, 2.24) is 4.98 Å². The van der Waals surface area contributed by atoms with Gasteiger partial charge in [-0.05, 0) is 60.1 Å². The molecule has 2 aromatic carbocycles. The summed E-state index contributed by atoms with van der Waals surface area (Å²) in [6.45, 7) is 8.61. The number of para-hydroxylation sites is 2. The smallest absolute Gasteiger partial charge is 1.00 e. The molecule has 1 heterocycles. The van der Waals surface area contributed by atoms with Crippen molar-refractivity contribution >= 4 is 35.4 Å². The molecule has 3 nitrogen and oxygen atoms in total. The van der Waals surface area contributed by atoms with Crippen molar-refractivity contribution in [3.8, 4) is 0 Å². The van der Waals surface area contributed by atoms with Crippen LogP contribution in [-0.4, -0.2) is 17.4 Å². The Morgan fingerprint density at radius 1 is 0.657 bits per heavy atom. The molecule has 190 valence electrons. The second-order valence-corrected chi connectivity index (χ2v) is 7.85. The fourth-order valence-electron chi connectivity index (χ4n) is 3.69. The summed E-state index contributed by atoms with van der Waals surface area (Å²) in [7, 11) is 0. The first-order chi connectivity index (χ1) is 15.1. The van der Waals surface area contributed by atoms with Crippen LogP contribution in [0.4, 0.5) is 11.4 Å². The number of hydrogen-bond donors (Lipinski definition) is 0. The minimum atomic E-state index is 0. The standard InChI is InChI=1S/C27H30ClN3.3ClH.Co/c1-5-19-11-9-12-20(6-2)26(19)29-17-24-15-23(28)16-25(31-24)18-30-27-21(7-3)13-10-14-22(27)8-4;;;;/h9-18H,5-8H2,1-4H3;3*1H;/q;;;;+3/p-3. The summed E-state index contributed by atoms with van der Waals surface area (Å²) in [5, 5.41) is 0.622. The Labute approximate surface area is 243 Å². The molecular weight excluding hydrogens is 567 g/mol. The maximum atomic E-state index is 6.38. The third kappa shape index (κ3) is 9.53. The van der Waals surface area contributed by atoms with Crippen LogP contribution in [0.5, 0.6) is 0 Å². The fourth-order valence-corrected chi connectivity index (χ4v) is 3.92. The SMILES string of the molecule is CCc1cccc(CC)c1N=Cc1cc(Cl)cc(C=Nc2c(CC)cccc2CC)n1.[Cl-].[Cl-].[Cl-].[Co+3]. The molecule has 0 amide bonds. The van der Waals surface area contributed by atoms with Gasteiger partial charge >= 0.3 is 16.8 Å². The molecule has 0 N–H and O–H groups in total. The molecule has 0 saturated heterocycles. The zero-order valence-electron chi connectivity index (χ0n) is 20.3. The van der Waals surface area contributed by atoms with E-state index in [-0.39, 0.29) is 54.0 Å². The van der Waals surface area contributed by atoms with Crippen LogP contribution >= 0.6 is 11.6 Å². The van der Waals surface area contributed by atoms with Gasteiger partial charge in [0.25, 0.3) is 0 Å². The zero-order valence-corrected chi connectivity index (χ0v) is 24.4. The third-order valence-electron chi connectivity index (χ3n) is 5.41. The molecule has 8 heteroatoms. The quantitative estimate of drug-likeness (QED) is 0.292. The van der Waals surface area contributed by atoms with Gasteiger partial charge < -0.3 is 37.2 Å². The normalized spacial score (nSPS) is 10.3. The predicted molar refractivity (Wildman–Crippen MR) is 134 cm³/mol. The van der Waals surface area contributed by atoms with E-state index in [1.807, 2.05) is 12.1 Å². The number of rotatable bonds is 8. The van der Waals surface area contributed by atoms with Crippen molar-refractivity contribution in [2.75, 3.05) is 0 Å². The van der Waals surface area contributed by atoms with E-state index in [0.29, 0.717) is 5.02 Å². The van der Waals surface area contributed by atoms with Gasteiger partial charge in [0.05, 0.1) is 35.2 Å². The van der Waals surface area contributed by atoms with Gasteiger partial charge in [0.1, 0.15) is 0 Å². The molecule has 3 rings (SSSR count). The average molecular weight is 597 g/mol. The Kier molecular flexibility index (Phi) is 18.3. The summed E-state index contributed by atoms with van der Waals surface area (Å²) >= 11 is 6.38. The summed E-state index contributed by atoms with van der Waals surface area (Å²) in [4.78, 5) is 14.3. The molecule has 0 fully saturated rings. The summed E-state index contributed by atoms with van der Waals surface area (Å²) < 4.78 is 0. The third-order valence-corrected chi connectivity index (χ3v) is 5.63. The van der Waals surface area contributed by atoms with Crippen LogP contribution in [0.25, 0.3) is 0 Å². The Bertz CT molecular complexity index is 989. The van der Waals surface area contributed by atoms with Gasteiger partial charge in [-0.25, -0.2) is 4.98 Å². The molecule has 0 bridgehead atoms. The molecule has 0 atom stereocenters. The van der Waals surface area contributed by atoms with E-state index in [2.05, 4.69) is 64.1 Å². The first kappa shape index (κ1) is 35.8. The minimum Gasteiger partial charge on any atom is -1.00 e. The molecule has 1 aromatic heterocycles. The maximum absolute atomic E-state index is 6.38. The summed E-state index contributed by atoms with van der Waals surface area (Å²) in [6, 6.07) is 16.4. The molecule has 35 heavy (non-hydrogen) atoms. The zero-order chi connectivity index (χ0) is 22.2. The summed E-state index contributed by atoms with van der Waals surface area (Å²) in [5.74, 6) is 0. The van der Waals surface area contributed by atoms with Gasteiger partial charge in [0.2, 0.25) is 0 Å². The van der Waals surface area contributed by atoms with Crippen molar-refractivity contribution in [2.45, 2.75) is 53.4 Å².